The highest BCUT2D eigenvalue weighted by atomic mass is 16.5. The summed E-state index contributed by atoms with van der Waals surface area (Å²) in [5.74, 6) is 1.55. The Morgan fingerprint density at radius 1 is 1.04 bits per heavy atom. The van der Waals surface area contributed by atoms with Crippen LogP contribution in [0.25, 0.3) is 0 Å². The molecule has 2 aliphatic rings. The summed E-state index contributed by atoms with van der Waals surface area (Å²) >= 11 is 0. The van der Waals surface area contributed by atoms with Crippen molar-refractivity contribution < 1.29 is 14.2 Å². The first kappa shape index (κ1) is 16.4. The molecule has 0 aromatic heterocycles. The minimum atomic E-state index is 0.721. The summed E-state index contributed by atoms with van der Waals surface area (Å²) in [5.41, 5.74) is 9.40. The topological polar surface area (TPSA) is 60.2 Å². The number of hydrogen-bond acceptors (Lipinski definition) is 6. The lowest BCUT2D eigenvalue weighted by Crippen LogP contribution is -2.42. The fourth-order valence-corrected chi connectivity index (χ4v) is 3.46. The van der Waals surface area contributed by atoms with Crippen LogP contribution < -0.4 is 15.2 Å². The fraction of sp³-hybridized carbons (Fsp3) is 0.647. The van der Waals surface area contributed by atoms with Crippen LogP contribution in [0.5, 0.6) is 11.5 Å². The summed E-state index contributed by atoms with van der Waals surface area (Å²) in [5, 5.41) is 0. The number of nitrogens with zero attached hydrogens (tertiary/aromatic N) is 2. The first-order chi connectivity index (χ1) is 11.2. The van der Waals surface area contributed by atoms with Gasteiger partial charge in [-0.1, -0.05) is 0 Å². The molecular formula is C17H27N3O3. The highest BCUT2D eigenvalue weighted by molar-refractivity contribution is 5.64. The lowest BCUT2D eigenvalue weighted by atomic mass is 9.96. The summed E-state index contributed by atoms with van der Waals surface area (Å²) in [4.78, 5) is 4.94. The number of anilines is 1. The number of ether oxygens (including phenoxy) is 3. The van der Waals surface area contributed by atoms with E-state index in [0.717, 1.165) is 76.1 Å². The Balaban J connectivity index is 1.70. The van der Waals surface area contributed by atoms with Crippen LogP contribution in [0, 0.1) is 0 Å². The summed E-state index contributed by atoms with van der Waals surface area (Å²) in [6.45, 7) is 7.82. The summed E-state index contributed by atoms with van der Waals surface area (Å²) in [7, 11) is 3.35. The first-order valence-corrected chi connectivity index (χ1v) is 8.27. The van der Waals surface area contributed by atoms with E-state index in [0.29, 0.717) is 0 Å². The smallest absolute Gasteiger partial charge is 0.165 e. The Hall–Kier alpha value is -1.50. The van der Waals surface area contributed by atoms with Gasteiger partial charge in [-0.3, -0.25) is 9.80 Å². The van der Waals surface area contributed by atoms with Crippen molar-refractivity contribution in [2.24, 2.45) is 0 Å². The van der Waals surface area contributed by atoms with E-state index in [1.54, 1.807) is 14.2 Å². The monoisotopic (exact) mass is 321 g/mol. The van der Waals surface area contributed by atoms with Gasteiger partial charge in [0.2, 0.25) is 0 Å². The molecule has 2 aliphatic heterocycles. The van der Waals surface area contributed by atoms with Crippen molar-refractivity contribution >= 4 is 5.69 Å². The van der Waals surface area contributed by atoms with Gasteiger partial charge in [0.1, 0.15) is 0 Å². The summed E-state index contributed by atoms with van der Waals surface area (Å²) < 4.78 is 16.4. The zero-order valence-corrected chi connectivity index (χ0v) is 14.1. The van der Waals surface area contributed by atoms with Crippen molar-refractivity contribution in [2.75, 3.05) is 65.9 Å². The molecule has 1 aromatic carbocycles. The van der Waals surface area contributed by atoms with Crippen LogP contribution in [0.15, 0.2) is 6.07 Å². The van der Waals surface area contributed by atoms with Gasteiger partial charge in [0.15, 0.2) is 11.5 Å². The van der Waals surface area contributed by atoms with Crippen molar-refractivity contribution in [3.8, 4) is 11.5 Å². The highest BCUT2D eigenvalue weighted by Gasteiger charge is 2.25. The molecule has 1 saturated heterocycles. The third-order valence-electron chi connectivity index (χ3n) is 4.82. The quantitative estimate of drug-likeness (QED) is 0.816. The summed E-state index contributed by atoms with van der Waals surface area (Å²) in [6.07, 6.45) is 0.963. The van der Waals surface area contributed by atoms with E-state index in [9.17, 15) is 0 Å². The number of hydrogen-bond donors (Lipinski definition) is 1. The Kier molecular flexibility index (Phi) is 5.25. The van der Waals surface area contributed by atoms with E-state index in [1.807, 2.05) is 6.07 Å². The predicted molar refractivity (Wildman–Crippen MR) is 90.2 cm³/mol. The zero-order valence-electron chi connectivity index (χ0n) is 14.1. The van der Waals surface area contributed by atoms with Crippen LogP contribution in [0.1, 0.15) is 11.1 Å². The molecule has 0 radical (unpaired) electrons. The van der Waals surface area contributed by atoms with Gasteiger partial charge in [-0.05, 0) is 12.0 Å². The molecule has 2 heterocycles. The number of nitrogen functional groups attached to an aromatic ring is 1. The standard InChI is InChI=1S/C17H27N3O3/c1-21-16-11-15(18)13-3-4-20(12-14(13)17(16)22-2)6-5-19-7-9-23-10-8-19/h11H,3-10,12,18H2,1-2H3. The minimum absolute atomic E-state index is 0.721. The van der Waals surface area contributed by atoms with Crippen LogP contribution in [0.3, 0.4) is 0 Å². The first-order valence-electron chi connectivity index (χ1n) is 8.27. The van der Waals surface area contributed by atoms with Crippen molar-refractivity contribution in [2.45, 2.75) is 13.0 Å². The zero-order chi connectivity index (χ0) is 16.2. The molecule has 2 N–H and O–H groups in total. The number of benzene rings is 1. The van der Waals surface area contributed by atoms with Crippen LogP contribution in [0.2, 0.25) is 0 Å². The SMILES string of the molecule is COc1cc(N)c2c(c1OC)CN(CCN1CCOCC1)CC2. The van der Waals surface area contributed by atoms with Gasteiger partial charge >= 0.3 is 0 Å². The molecule has 128 valence electrons. The van der Waals surface area contributed by atoms with Crippen LogP contribution in [0.4, 0.5) is 5.69 Å². The van der Waals surface area contributed by atoms with Crippen molar-refractivity contribution in [1.29, 1.82) is 0 Å². The molecule has 0 bridgehead atoms. The molecule has 3 rings (SSSR count). The molecule has 0 atom stereocenters. The van der Waals surface area contributed by atoms with E-state index in [2.05, 4.69) is 9.80 Å². The maximum Gasteiger partial charge on any atom is 0.165 e. The summed E-state index contributed by atoms with van der Waals surface area (Å²) in [6, 6.07) is 1.88. The second-order valence-corrected chi connectivity index (χ2v) is 6.14. The predicted octanol–water partition coefficient (Wildman–Crippen LogP) is 0.976. The Labute approximate surface area is 138 Å². The second kappa shape index (κ2) is 7.38. The van der Waals surface area contributed by atoms with E-state index in [4.69, 9.17) is 19.9 Å². The Bertz CT molecular complexity index is 544. The van der Waals surface area contributed by atoms with Crippen LogP contribution in [-0.2, 0) is 17.7 Å². The van der Waals surface area contributed by atoms with Crippen molar-refractivity contribution in [3.05, 3.63) is 17.2 Å². The lowest BCUT2D eigenvalue weighted by molar-refractivity contribution is 0.0326. The molecule has 0 saturated carbocycles. The molecular weight excluding hydrogens is 294 g/mol. The van der Waals surface area contributed by atoms with E-state index >= 15 is 0 Å². The molecule has 23 heavy (non-hydrogen) atoms. The lowest BCUT2D eigenvalue weighted by Gasteiger charge is -2.34. The number of methoxy groups -OCH3 is 2. The molecule has 0 amide bonds. The second-order valence-electron chi connectivity index (χ2n) is 6.14. The maximum absolute atomic E-state index is 6.20. The molecule has 0 unspecified atom stereocenters. The molecule has 6 heteroatoms. The molecule has 1 aromatic rings. The maximum atomic E-state index is 6.20. The number of rotatable bonds is 5. The van der Waals surface area contributed by atoms with E-state index in [-0.39, 0.29) is 0 Å². The van der Waals surface area contributed by atoms with Crippen LogP contribution >= 0.6 is 0 Å². The van der Waals surface area contributed by atoms with Gasteiger partial charge < -0.3 is 19.9 Å². The largest absolute Gasteiger partial charge is 0.493 e. The van der Waals surface area contributed by atoms with Gasteiger partial charge in [-0.25, -0.2) is 0 Å². The molecule has 6 nitrogen and oxygen atoms in total. The normalized spacial score (nSPS) is 19.4. The van der Waals surface area contributed by atoms with Crippen LogP contribution in [-0.4, -0.2) is 70.0 Å². The number of morpholine rings is 1. The Morgan fingerprint density at radius 2 is 1.78 bits per heavy atom. The van der Waals surface area contributed by atoms with Crippen molar-refractivity contribution in [3.63, 3.8) is 0 Å². The average molecular weight is 321 g/mol. The third-order valence-corrected chi connectivity index (χ3v) is 4.82. The number of nitrogens with two attached hydrogens (primary N) is 1. The van der Waals surface area contributed by atoms with Gasteiger partial charge in [0, 0.05) is 56.6 Å². The van der Waals surface area contributed by atoms with Gasteiger partial charge in [0.05, 0.1) is 27.4 Å². The van der Waals surface area contributed by atoms with E-state index < -0.39 is 0 Å². The molecule has 1 fully saturated rings. The minimum Gasteiger partial charge on any atom is -0.493 e. The average Bonchev–Trinajstić information content (AvgIpc) is 2.60. The van der Waals surface area contributed by atoms with Gasteiger partial charge in [-0.15, -0.1) is 0 Å². The fourth-order valence-electron chi connectivity index (χ4n) is 3.46. The molecule has 0 aliphatic carbocycles. The van der Waals surface area contributed by atoms with Gasteiger partial charge in [-0.2, -0.15) is 0 Å². The van der Waals surface area contributed by atoms with Gasteiger partial charge in [0.25, 0.3) is 0 Å². The number of fused-ring (bicyclic) bond motifs is 1. The van der Waals surface area contributed by atoms with Crippen molar-refractivity contribution in [1.82, 2.24) is 9.80 Å². The Morgan fingerprint density at radius 3 is 2.48 bits per heavy atom. The van der Waals surface area contributed by atoms with E-state index in [1.165, 1.54) is 11.1 Å². The third kappa shape index (κ3) is 3.54. The molecule has 0 spiro atoms. The highest BCUT2D eigenvalue weighted by Crippen LogP contribution is 2.39.